The minimum Gasteiger partial charge on any atom is -0.493 e. The SMILES string of the molecule is CCOc1c(/C(C)=C/C(=O)O)cc(Cl)cc1C(C)C. The van der Waals surface area contributed by atoms with Crippen molar-refractivity contribution in [3.63, 3.8) is 0 Å². The Hall–Kier alpha value is -1.48. The van der Waals surface area contributed by atoms with E-state index < -0.39 is 5.97 Å². The first-order chi connectivity index (χ1) is 8.86. The van der Waals surface area contributed by atoms with Crippen molar-refractivity contribution in [2.45, 2.75) is 33.6 Å². The highest BCUT2D eigenvalue weighted by molar-refractivity contribution is 6.31. The molecule has 19 heavy (non-hydrogen) atoms. The van der Waals surface area contributed by atoms with Crippen LogP contribution in [0.3, 0.4) is 0 Å². The van der Waals surface area contributed by atoms with Crippen molar-refractivity contribution in [3.05, 3.63) is 34.4 Å². The van der Waals surface area contributed by atoms with Gasteiger partial charge in [0.05, 0.1) is 6.61 Å². The van der Waals surface area contributed by atoms with E-state index in [0.717, 1.165) is 23.0 Å². The molecule has 0 aliphatic heterocycles. The standard InChI is InChI=1S/C15H19ClO3/c1-5-19-15-12(9(2)3)7-11(16)8-13(15)10(4)6-14(17)18/h6-9H,5H2,1-4H3,(H,17,18)/b10-6+. The molecule has 0 atom stereocenters. The Morgan fingerprint density at radius 2 is 2.11 bits per heavy atom. The van der Waals surface area contributed by atoms with Gasteiger partial charge in [0.15, 0.2) is 0 Å². The van der Waals surface area contributed by atoms with E-state index in [9.17, 15) is 4.79 Å². The molecular formula is C15H19ClO3. The zero-order chi connectivity index (χ0) is 14.6. The minimum absolute atomic E-state index is 0.247. The van der Waals surface area contributed by atoms with Crippen LogP contribution in [-0.4, -0.2) is 17.7 Å². The van der Waals surface area contributed by atoms with Crippen molar-refractivity contribution in [1.29, 1.82) is 0 Å². The fourth-order valence-corrected chi connectivity index (χ4v) is 2.13. The van der Waals surface area contributed by atoms with Gasteiger partial charge in [-0.1, -0.05) is 25.4 Å². The van der Waals surface area contributed by atoms with Crippen LogP contribution >= 0.6 is 11.6 Å². The van der Waals surface area contributed by atoms with Crippen LogP contribution in [0.15, 0.2) is 18.2 Å². The van der Waals surface area contributed by atoms with Gasteiger partial charge in [0.1, 0.15) is 5.75 Å². The highest BCUT2D eigenvalue weighted by atomic mass is 35.5. The Morgan fingerprint density at radius 1 is 1.47 bits per heavy atom. The molecule has 0 spiro atoms. The molecule has 104 valence electrons. The van der Waals surface area contributed by atoms with Crippen molar-refractivity contribution in [1.82, 2.24) is 0 Å². The van der Waals surface area contributed by atoms with E-state index in [-0.39, 0.29) is 5.92 Å². The van der Waals surface area contributed by atoms with Gasteiger partial charge in [0, 0.05) is 16.7 Å². The summed E-state index contributed by atoms with van der Waals surface area (Å²) in [6.45, 7) is 8.27. The normalized spacial score (nSPS) is 11.8. The number of hydrogen-bond donors (Lipinski definition) is 1. The van der Waals surface area contributed by atoms with Gasteiger partial charge >= 0.3 is 5.97 Å². The summed E-state index contributed by atoms with van der Waals surface area (Å²) in [5.74, 6) is -0.0143. The van der Waals surface area contributed by atoms with Crippen LogP contribution in [0, 0.1) is 0 Å². The second-order valence-corrected chi connectivity index (χ2v) is 5.06. The molecule has 1 N–H and O–H groups in total. The molecule has 4 heteroatoms. The smallest absolute Gasteiger partial charge is 0.328 e. The third-order valence-electron chi connectivity index (χ3n) is 2.76. The maximum atomic E-state index is 10.8. The van der Waals surface area contributed by atoms with Crippen molar-refractivity contribution < 1.29 is 14.6 Å². The molecule has 0 aliphatic rings. The first-order valence-corrected chi connectivity index (χ1v) is 6.62. The van der Waals surface area contributed by atoms with Crippen molar-refractivity contribution >= 4 is 23.1 Å². The van der Waals surface area contributed by atoms with E-state index in [1.807, 2.05) is 26.8 Å². The first kappa shape index (κ1) is 15.6. The number of carboxylic acids is 1. The average molecular weight is 283 g/mol. The fourth-order valence-electron chi connectivity index (χ4n) is 1.90. The lowest BCUT2D eigenvalue weighted by molar-refractivity contribution is -0.131. The van der Waals surface area contributed by atoms with E-state index >= 15 is 0 Å². The summed E-state index contributed by atoms with van der Waals surface area (Å²) in [6.07, 6.45) is 1.16. The molecule has 0 heterocycles. The predicted octanol–water partition coefficient (Wildman–Crippen LogP) is 4.35. The molecule has 0 aromatic heterocycles. The second kappa shape index (κ2) is 6.62. The van der Waals surface area contributed by atoms with Gasteiger partial charge in [-0.05, 0) is 43.0 Å². The summed E-state index contributed by atoms with van der Waals surface area (Å²) in [4.78, 5) is 10.8. The van der Waals surface area contributed by atoms with Crippen molar-refractivity contribution in [2.75, 3.05) is 6.61 Å². The third kappa shape index (κ3) is 4.00. The molecular weight excluding hydrogens is 264 g/mol. The molecule has 0 bridgehead atoms. The summed E-state index contributed by atoms with van der Waals surface area (Å²) < 4.78 is 5.69. The Bertz CT molecular complexity index is 504. The Balaban J connectivity index is 3.48. The number of benzene rings is 1. The van der Waals surface area contributed by atoms with E-state index in [0.29, 0.717) is 17.2 Å². The molecule has 0 aliphatic carbocycles. The lowest BCUT2D eigenvalue weighted by atomic mass is 9.95. The topological polar surface area (TPSA) is 46.5 Å². The molecule has 0 amide bonds. The highest BCUT2D eigenvalue weighted by Crippen LogP contribution is 2.37. The van der Waals surface area contributed by atoms with Crippen LogP contribution in [0.5, 0.6) is 5.75 Å². The quantitative estimate of drug-likeness (QED) is 0.817. The largest absolute Gasteiger partial charge is 0.493 e. The number of aliphatic carboxylic acids is 1. The lowest BCUT2D eigenvalue weighted by Crippen LogP contribution is -2.02. The summed E-state index contributed by atoms with van der Waals surface area (Å²) in [7, 11) is 0. The lowest BCUT2D eigenvalue weighted by Gasteiger charge is -2.18. The van der Waals surface area contributed by atoms with Crippen LogP contribution in [0.25, 0.3) is 5.57 Å². The number of carbonyl (C=O) groups is 1. The summed E-state index contributed by atoms with van der Waals surface area (Å²) in [6, 6.07) is 3.61. The van der Waals surface area contributed by atoms with Crippen molar-refractivity contribution in [3.8, 4) is 5.75 Å². The number of carboxylic acid groups (broad SMARTS) is 1. The highest BCUT2D eigenvalue weighted by Gasteiger charge is 2.16. The zero-order valence-electron chi connectivity index (χ0n) is 11.7. The number of halogens is 1. The summed E-state index contributed by atoms with van der Waals surface area (Å²) in [5, 5.41) is 9.45. The molecule has 0 unspecified atom stereocenters. The Kier molecular flexibility index (Phi) is 5.43. The molecule has 1 aromatic rings. The molecule has 1 rings (SSSR count). The number of allylic oxidation sites excluding steroid dienone is 1. The van der Waals surface area contributed by atoms with Crippen LogP contribution in [0.1, 0.15) is 44.7 Å². The maximum absolute atomic E-state index is 10.8. The monoisotopic (exact) mass is 282 g/mol. The van der Waals surface area contributed by atoms with E-state index in [1.54, 1.807) is 13.0 Å². The van der Waals surface area contributed by atoms with Gasteiger partial charge < -0.3 is 9.84 Å². The van der Waals surface area contributed by atoms with Crippen LogP contribution in [-0.2, 0) is 4.79 Å². The average Bonchev–Trinajstić information content (AvgIpc) is 2.29. The number of hydrogen-bond acceptors (Lipinski definition) is 2. The van der Waals surface area contributed by atoms with E-state index in [1.165, 1.54) is 0 Å². The maximum Gasteiger partial charge on any atom is 0.328 e. The molecule has 0 saturated carbocycles. The zero-order valence-corrected chi connectivity index (χ0v) is 12.4. The third-order valence-corrected chi connectivity index (χ3v) is 2.98. The van der Waals surface area contributed by atoms with Gasteiger partial charge in [-0.3, -0.25) is 0 Å². The van der Waals surface area contributed by atoms with E-state index in [2.05, 4.69) is 0 Å². The van der Waals surface area contributed by atoms with Crippen molar-refractivity contribution in [2.24, 2.45) is 0 Å². The van der Waals surface area contributed by atoms with Crippen LogP contribution in [0.4, 0.5) is 0 Å². The van der Waals surface area contributed by atoms with Gasteiger partial charge in [-0.2, -0.15) is 0 Å². The molecule has 0 fully saturated rings. The molecule has 0 radical (unpaired) electrons. The van der Waals surface area contributed by atoms with Crippen LogP contribution < -0.4 is 4.74 Å². The minimum atomic E-state index is -0.981. The van der Waals surface area contributed by atoms with Gasteiger partial charge in [0.25, 0.3) is 0 Å². The number of rotatable bonds is 5. The predicted molar refractivity (Wildman–Crippen MR) is 78.0 cm³/mol. The molecule has 1 aromatic carbocycles. The summed E-state index contributed by atoms with van der Waals surface area (Å²) >= 11 is 6.12. The Morgan fingerprint density at radius 3 is 2.58 bits per heavy atom. The van der Waals surface area contributed by atoms with Crippen LogP contribution in [0.2, 0.25) is 5.02 Å². The molecule has 0 saturated heterocycles. The van der Waals surface area contributed by atoms with Gasteiger partial charge in [-0.25, -0.2) is 4.79 Å². The number of ether oxygens (including phenoxy) is 1. The molecule has 3 nitrogen and oxygen atoms in total. The van der Waals surface area contributed by atoms with Gasteiger partial charge in [-0.15, -0.1) is 0 Å². The second-order valence-electron chi connectivity index (χ2n) is 4.63. The van der Waals surface area contributed by atoms with Gasteiger partial charge in [0.2, 0.25) is 0 Å². The first-order valence-electron chi connectivity index (χ1n) is 6.24. The van der Waals surface area contributed by atoms with E-state index in [4.69, 9.17) is 21.4 Å². The summed E-state index contributed by atoms with van der Waals surface area (Å²) in [5.41, 5.74) is 2.35. The fraction of sp³-hybridized carbons (Fsp3) is 0.400. The Labute approximate surface area is 118 Å².